The molecule has 4 N–H and O–H groups in total. The van der Waals surface area contributed by atoms with Crippen molar-refractivity contribution in [2.45, 2.75) is 61.9 Å². The number of amides is 2. The number of piperidine rings is 1. The van der Waals surface area contributed by atoms with Gasteiger partial charge in [0, 0.05) is 18.9 Å². The van der Waals surface area contributed by atoms with Gasteiger partial charge < -0.3 is 10.6 Å². The first-order valence-electron chi connectivity index (χ1n) is 9.68. The average Bonchev–Trinajstić information content (AvgIpc) is 2.68. The molecule has 152 valence electrons. The monoisotopic (exact) mass is 405 g/mol. The number of aryl methyl sites for hydroxylation is 1. The van der Waals surface area contributed by atoms with E-state index in [0.29, 0.717) is 31.6 Å². The van der Waals surface area contributed by atoms with Crippen LogP contribution < -0.4 is 15.8 Å². The van der Waals surface area contributed by atoms with Crippen LogP contribution >= 0.6 is 0 Å². The highest BCUT2D eigenvalue weighted by molar-refractivity contribution is 7.89. The molecule has 8 heteroatoms. The normalized spacial score (nSPS) is 25.2. The first kappa shape index (κ1) is 20.5. The molecule has 28 heavy (non-hydrogen) atoms. The summed E-state index contributed by atoms with van der Waals surface area (Å²) in [5, 5.41) is 11.3. The molecule has 1 aromatic carbocycles. The zero-order valence-corrected chi connectivity index (χ0v) is 16.6. The Labute approximate surface area is 165 Å². The molecule has 0 bridgehead atoms. The van der Waals surface area contributed by atoms with Crippen molar-refractivity contribution in [1.29, 1.82) is 0 Å². The van der Waals surface area contributed by atoms with Crippen molar-refractivity contribution in [1.82, 2.24) is 10.6 Å². The Hall–Kier alpha value is -2.19. The van der Waals surface area contributed by atoms with Crippen molar-refractivity contribution >= 4 is 21.8 Å². The number of allylic oxidation sites excluding steroid dienone is 2. The summed E-state index contributed by atoms with van der Waals surface area (Å²) in [5.41, 5.74) is 0.869. The first-order valence-corrected chi connectivity index (χ1v) is 11.2. The number of carbonyl (C=O) groups is 2. The minimum atomic E-state index is -3.71. The molecule has 0 spiro atoms. The molecule has 1 aliphatic heterocycles. The highest BCUT2D eigenvalue weighted by Crippen LogP contribution is 2.27. The molecular formula is C20H27N3O4S. The summed E-state index contributed by atoms with van der Waals surface area (Å²) in [7, 11) is -3.71. The van der Waals surface area contributed by atoms with Crippen LogP contribution in [0.15, 0.2) is 41.3 Å². The molecule has 1 unspecified atom stereocenters. The van der Waals surface area contributed by atoms with E-state index in [1.54, 1.807) is 12.1 Å². The van der Waals surface area contributed by atoms with Crippen LogP contribution in [0.3, 0.4) is 0 Å². The second-order valence-electron chi connectivity index (χ2n) is 7.54. The minimum Gasteiger partial charge on any atom is -0.351 e. The fourth-order valence-corrected chi connectivity index (χ4v) is 4.47. The zero-order chi connectivity index (χ0) is 20.1. The number of nitrogens with two attached hydrogens (primary N) is 1. The van der Waals surface area contributed by atoms with Gasteiger partial charge in [0.05, 0.1) is 10.9 Å². The molecule has 1 heterocycles. The maximum absolute atomic E-state index is 12.5. The number of nitrogens with one attached hydrogen (secondary N) is 2. The summed E-state index contributed by atoms with van der Waals surface area (Å²) in [4.78, 5) is 24.4. The van der Waals surface area contributed by atoms with Gasteiger partial charge in [-0.1, -0.05) is 24.3 Å². The highest BCUT2D eigenvalue weighted by atomic mass is 32.2. The topological polar surface area (TPSA) is 118 Å². The van der Waals surface area contributed by atoms with Gasteiger partial charge in [0.25, 0.3) is 0 Å². The molecule has 1 aliphatic carbocycles. The van der Waals surface area contributed by atoms with Crippen LogP contribution in [-0.4, -0.2) is 32.3 Å². The molecule has 0 saturated carbocycles. The van der Waals surface area contributed by atoms with Crippen LogP contribution in [0, 0.1) is 5.92 Å². The molecule has 3 rings (SSSR count). The number of primary sulfonamides is 1. The van der Waals surface area contributed by atoms with Gasteiger partial charge in [0.1, 0.15) is 0 Å². The smallest absolute Gasteiger partial charge is 0.238 e. The average molecular weight is 406 g/mol. The third-order valence-electron chi connectivity index (χ3n) is 5.50. The third kappa shape index (κ3) is 5.42. The fraction of sp³-hybridized carbons (Fsp3) is 0.500. The van der Waals surface area contributed by atoms with Crippen molar-refractivity contribution in [3.05, 3.63) is 42.0 Å². The van der Waals surface area contributed by atoms with E-state index in [4.69, 9.17) is 5.14 Å². The molecular weight excluding hydrogens is 378 g/mol. The van der Waals surface area contributed by atoms with Gasteiger partial charge in [0.15, 0.2) is 0 Å². The lowest BCUT2D eigenvalue weighted by atomic mass is 9.81. The maximum atomic E-state index is 12.5. The van der Waals surface area contributed by atoms with E-state index in [1.165, 1.54) is 12.1 Å². The van der Waals surface area contributed by atoms with Gasteiger partial charge in [-0.3, -0.25) is 9.59 Å². The molecule has 3 atom stereocenters. The predicted molar refractivity (Wildman–Crippen MR) is 106 cm³/mol. The van der Waals surface area contributed by atoms with Crippen LogP contribution in [0.5, 0.6) is 0 Å². The van der Waals surface area contributed by atoms with Gasteiger partial charge in [-0.25, -0.2) is 13.6 Å². The van der Waals surface area contributed by atoms with E-state index in [9.17, 15) is 18.0 Å². The lowest BCUT2D eigenvalue weighted by molar-refractivity contribution is -0.127. The summed E-state index contributed by atoms with van der Waals surface area (Å²) >= 11 is 0. The second-order valence-corrected chi connectivity index (χ2v) is 9.10. The molecule has 1 aromatic rings. The van der Waals surface area contributed by atoms with Crippen molar-refractivity contribution in [3.8, 4) is 0 Å². The van der Waals surface area contributed by atoms with E-state index in [2.05, 4.69) is 22.8 Å². The zero-order valence-electron chi connectivity index (χ0n) is 15.8. The number of hydrogen-bond acceptors (Lipinski definition) is 4. The molecule has 1 saturated heterocycles. The van der Waals surface area contributed by atoms with Crippen LogP contribution in [0.1, 0.15) is 44.1 Å². The Morgan fingerprint density at radius 2 is 1.93 bits per heavy atom. The lowest BCUT2D eigenvalue weighted by Crippen LogP contribution is -2.58. The van der Waals surface area contributed by atoms with Gasteiger partial charge in [-0.05, 0) is 55.7 Å². The maximum Gasteiger partial charge on any atom is 0.238 e. The number of sulfonamides is 1. The Balaban J connectivity index is 1.55. The highest BCUT2D eigenvalue weighted by Gasteiger charge is 2.35. The summed E-state index contributed by atoms with van der Waals surface area (Å²) in [5.74, 6) is 0.346. The second kappa shape index (κ2) is 8.87. The number of benzene rings is 1. The van der Waals surface area contributed by atoms with E-state index < -0.39 is 10.0 Å². The number of carbonyl (C=O) groups excluding carboxylic acids is 2. The largest absolute Gasteiger partial charge is 0.351 e. The molecule has 0 aromatic heterocycles. The lowest BCUT2D eigenvalue weighted by Gasteiger charge is -2.38. The molecule has 1 fully saturated rings. The number of hydrogen-bond donors (Lipinski definition) is 3. The Bertz CT molecular complexity index is 849. The van der Waals surface area contributed by atoms with Gasteiger partial charge in [-0.2, -0.15) is 0 Å². The van der Waals surface area contributed by atoms with E-state index >= 15 is 0 Å². The van der Waals surface area contributed by atoms with Crippen molar-refractivity contribution in [2.75, 3.05) is 0 Å². The molecule has 0 radical (unpaired) electrons. The standard InChI is InChI=1S/C20H27N3O4S/c21-28(26,27)16-9-6-14(7-10-16)8-12-18(24)22-17-11-13-19(25)23-20(17)15-4-2-1-3-5-15/h1-2,6-7,9-10,15,17,20H,3-5,8,11-13H2,(H,22,24)(H,23,25)(H2,21,26,27)/t15?,17-,20+/m1/s1. The Morgan fingerprint density at radius 1 is 1.18 bits per heavy atom. The van der Waals surface area contributed by atoms with Crippen LogP contribution in [0.2, 0.25) is 0 Å². The van der Waals surface area contributed by atoms with Crippen LogP contribution in [0.4, 0.5) is 0 Å². The summed E-state index contributed by atoms with van der Waals surface area (Å²) in [6.45, 7) is 0. The third-order valence-corrected chi connectivity index (χ3v) is 6.43. The quantitative estimate of drug-likeness (QED) is 0.620. The van der Waals surface area contributed by atoms with Crippen LogP contribution in [0.25, 0.3) is 0 Å². The van der Waals surface area contributed by atoms with Crippen molar-refractivity contribution in [3.63, 3.8) is 0 Å². The van der Waals surface area contributed by atoms with Gasteiger partial charge in [0.2, 0.25) is 21.8 Å². The minimum absolute atomic E-state index is 0.0239. The summed E-state index contributed by atoms with van der Waals surface area (Å²) < 4.78 is 22.6. The van der Waals surface area contributed by atoms with Crippen molar-refractivity contribution < 1.29 is 18.0 Å². The van der Waals surface area contributed by atoms with Crippen molar-refractivity contribution in [2.24, 2.45) is 11.1 Å². The fourth-order valence-electron chi connectivity index (χ4n) is 3.96. The van der Waals surface area contributed by atoms with Gasteiger partial charge in [-0.15, -0.1) is 0 Å². The SMILES string of the molecule is NS(=O)(=O)c1ccc(CCC(=O)N[C@@H]2CCC(=O)N[C@H]2C2CC=CCC2)cc1. The Morgan fingerprint density at radius 3 is 2.57 bits per heavy atom. The van der Waals surface area contributed by atoms with Gasteiger partial charge >= 0.3 is 0 Å². The summed E-state index contributed by atoms with van der Waals surface area (Å²) in [6.07, 6.45) is 9.16. The molecule has 2 amide bonds. The van der Waals surface area contributed by atoms with E-state index in [0.717, 1.165) is 24.8 Å². The molecule has 2 aliphatic rings. The predicted octanol–water partition coefficient (Wildman–Crippen LogP) is 1.39. The first-order chi connectivity index (χ1) is 13.3. The number of rotatable bonds is 6. The van der Waals surface area contributed by atoms with E-state index in [-0.39, 0.29) is 28.8 Å². The molecule has 7 nitrogen and oxygen atoms in total. The van der Waals surface area contributed by atoms with Crippen LogP contribution in [-0.2, 0) is 26.0 Å². The summed E-state index contributed by atoms with van der Waals surface area (Å²) in [6, 6.07) is 6.17. The Kier molecular flexibility index (Phi) is 6.51. The van der Waals surface area contributed by atoms with E-state index in [1.807, 2.05) is 0 Å².